The van der Waals surface area contributed by atoms with Gasteiger partial charge in [0.1, 0.15) is 0 Å². The van der Waals surface area contributed by atoms with Gasteiger partial charge in [-0.25, -0.2) is 0 Å². The minimum atomic E-state index is 0.250. The molecule has 1 nitrogen and oxygen atoms in total. The molecule has 0 fully saturated rings. The molecule has 1 aromatic rings. The van der Waals surface area contributed by atoms with Crippen molar-refractivity contribution in [3.8, 4) is 0 Å². The molecule has 0 aliphatic carbocycles. The van der Waals surface area contributed by atoms with Crippen LogP contribution in [0, 0.1) is 6.92 Å². The first-order valence-electron chi connectivity index (χ1n) is 6.75. The fourth-order valence-electron chi connectivity index (χ4n) is 2.04. The Balaban J connectivity index is 2.70. The summed E-state index contributed by atoms with van der Waals surface area (Å²) in [7, 11) is 0. The van der Waals surface area contributed by atoms with Gasteiger partial charge in [-0.3, -0.25) is 0 Å². The molecule has 0 saturated heterocycles. The lowest BCUT2D eigenvalue weighted by atomic mass is 9.84. The normalized spacial score (nSPS) is 11.8. The van der Waals surface area contributed by atoms with Crippen molar-refractivity contribution in [3.05, 3.63) is 34.9 Å². The molecule has 1 aromatic carbocycles. The number of hydrogen-bond acceptors (Lipinski definition) is 1. The first-order valence-corrected chi connectivity index (χ1v) is 6.75. The van der Waals surface area contributed by atoms with Gasteiger partial charge in [0.2, 0.25) is 0 Å². The van der Waals surface area contributed by atoms with Gasteiger partial charge in [-0.05, 0) is 54.8 Å². The molecule has 0 atom stereocenters. The van der Waals surface area contributed by atoms with E-state index in [1.807, 2.05) is 0 Å². The fourth-order valence-corrected chi connectivity index (χ4v) is 2.04. The summed E-state index contributed by atoms with van der Waals surface area (Å²) in [6, 6.07) is 6.91. The van der Waals surface area contributed by atoms with Crippen molar-refractivity contribution >= 4 is 0 Å². The number of aryl methyl sites for hydroxylation is 2. The molecule has 2 N–H and O–H groups in total. The summed E-state index contributed by atoms with van der Waals surface area (Å²) >= 11 is 0. The summed E-state index contributed by atoms with van der Waals surface area (Å²) in [6.07, 6.45) is 4.84. The Morgan fingerprint density at radius 1 is 1.06 bits per heavy atom. The maximum absolute atomic E-state index is 5.52. The van der Waals surface area contributed by atoms with Gasteiger partial charge in [0, 0.05) is 0 Å². The SMILES string of the molecule is Cc1ccc(C(C)(C)C)cc1CCCCCN. The molecule has 0 bridgehead atoms. The lowest BCUT2D eigenvalue weighted by Gasteiger charge is -2.21. The summed E-state index contributed by atoms with van der Waals surface area (Å²) in [4.78, 5) is 0. The molecule has 0 aliphatic rings. The molecule has 0 aliphatic heterocycles. The number of hydrogen-bond donors (Lipinski definition) is 1. The predicted molar refractivity (Wildman–Crippen MR) is 76.5 cm³/mol. The van der Waals surface area contributed by atoms with Gasteiger partial charge in [0.25, 0.3) is 0 Å². The van der Waals surface area contributed by atoms with Crippen LogP contribution in [0.15, 0.2) is 18.2 Å². The lowest BCUT2D eigenvalue weighted by Crippen LogP contribution is -2.11. The lowest BCUT2D eigenvalue weighted by molar-refractivity contribution is 0.588. The first kappa shape index (κ1) is 14.2. The van der Waals surface area contributed by atoms with Crippen LogP contribution < -0.4 is 5.73 Å². The van der Waals surface area contributed by atoms with Crippen LogP contribution in [0.25, 0.3) is 0 Å². The highest BCUT2D eigenvalue weighted by molar-refractivity contribution is 5.34. The molecule has 17 heavy (non-hydrogen) atoms. The molecular weight excluding hydrogens is 206 g/mol. The zero-order chi connectivity index (χ0) is 12.9. The average Bonchev–Trinajstić information content (AvgIpc) is 2.25. The van der Waals surface area contributed by atoms with Gasteiger partial charge in [-0.1, -0.05) is 45.4 Å². The summed E-state index contributed by atoms with van der Waals surface area (Å²) in [6.45, 7) is 9.85. The first-order chi connectivity index (χ1) is 7.95. The van der Waals surface area contributed by atoms with Crippen LogP contribution in [0.4, 0.5) is 0 Å². The molecule has 0 spiro atoms. The molecular formula is C16H27N. The number of nitrogens with two attached hydrogens (primary N) is 1. The van der Waals surface area contributed by atoms with Crippen LogP contribution in [-0.2, 0) is 11.8 Å². The van der Waals surface area contributed by atoms with Crippen molar-refractivity contribution in [2.24, 2.45) is 5.73 Å². The molecule has 0 amide bonds. The van der Waals surface area contributed by atoms with E-state index in [2.05, 4.69) is 45.9 Å². The molecule has 0 aromatic heterocycles. The van der Waals surface area contributed by atoms with Crippen LogP contribution in [0.1, 0.15) is 56.7 Å². The van der Waals surface area contributed by atoms with E-state index in [1.54, 1.807) is 0 Å². The van der Waals surface area contributed by atoms with Crippen molar-refractivity contribution in [1.82, 2.24) is 0 Å². The summed E-state index contributed by atoms with van der Waals surface area (Å²) < 4.78 is 0. The zero-order valence-electron chi connectivity index (χ0n) is 11.8. The summed E-state index contributed by atoms with van der Waals surface area (Å²) in [5.41, 5.74) is 10.1. The Bertz CT molecular complexity index is 347. The van der Waals surface area contributed by atoms with Crippen LogP contribution >= 0.6 is 0 Å². The van der Waals surface area contributed by atoms with Gasteiger partial charge < -0.3 is 5.73 Å². The van der Waals surface area contributed by atoms with Gasteiger partial charge in [-0.15, -0.1) is 0 Å². The standard InChI is InChI=1S/C16H27N/c1-13-9-10-15(16(2,3)4)12-14(13)8-6-5-7-11-17/h9-10,12H,5-8,11,17H2,1-4H3. The van der Waals surface area contributed by atoms with Gasteiger partial charge in [0.15, 0.2) is 0 Å². The van der Waals surface area contributed by atoms with E-state index in [-0.39, 0.29) is 5.41 Å². The quantitative estimate of drug-likeness (QED) is 0.765. The maximum atomic E-state index is 5.52. The van der Waals surface area contributed by atoms with Crippen LogP contribution in [0.5, 0.6) is 0 Å². The Hall–Kier alpha value is -0.820. The summed E-state index contributed by atoms with van der Waals surface area (Å²) in [5.74, 6) is 0. The topological polar surface area (TPSA) is 26.0 Å². The molecule has 0 unspecified atom stereocenters. The monoisotopic (exact) mass is 233 g/mol. The van der Waals surface area contributed by atoms with E-state index in [4.69, 9.17) is 5.73 Å². The van der Waals surface area contributed by atoms with Crippen LogP contribution in [0.2, 0.25) is 0 Å². The van der Waals surface area contributed by atoms with E-state index < -0.39 is 0 Å². The second-order valence-corrected chi connectivity index (χ2v) is 5.99. The van der Waals surface area contributed by atoms with E-state index in [0.717, 1.165) is 13.0 Å². The Morgan fingerprint density at radius 3 is 2.35 bits per heavy atom. The van der Waals surface area contributed by atoms with Crippen LogP contribution in [-0.4, -0.2) is 6.54 Å². The maximum Gasteiger partial charge on any atom is -0.00773 e. The van der Waals surface area contributed by atoms with Gasteiger partial charge in [0.05, 0.1) is 0 Å². The van der Waals surface area contributed by atoms with E-state index >= 15 is 0 Å². The highest BCUT2D eigenvalue weighted by Gasteiger charge is 2.14. The van der Waals surface area contributed by atoms with Crippen molar-refractivity contribution in [2.45, 2.75) is 58.8 Å². The predicted octanol–water partition coefficient (Wildman–Crippen LogP) is 3.96. The summed E-state index contributed by atoms with van der Waals surface area (Å²) in [5, 5.41) is 0. The highest BCUT2D eigenvalue weighted by atomic mass is 14.5. The van der Waals surface area contributed by atoms with Gasteiger partial charge >= 0.3 is 0 Å². The number of unbranched alkanes of at least 4 members (excludes halogenated alkanes) is 2. The van der Waals surface area contributed by atoms with Crippen molar-refractivity contribution < 1.29 is 0 Å². The fraction of sp³-hybridized carbons (Fsp3) is 0.625. The van der Waals surface area contributed by atoms with Crippen molar-refractivity contribution in [2.75, 3.05) is 6.54 Å². The molecule has 0 heterocycles. The van der Waals surface area contributed by atoms with Crippen molar-refractivity contribution in [1.29, 1.82) is 0 Å². The highest BCUT2D eigenvalue weighted by Crippen LogP contribution is 2.25. The molecule has 0 saturated carbocycles. The Morgan fingerprint density at radius 2 is 1.76 bits per heavy atom. The smallest absolute Gasteiger partial charge is 0.00773 e. The number of rotatable bonds is 5. The largest absolute Gasteiger partial charge is 0.330 e. The zero-order valence-corrected chi connectivity index (χ0v) is 11.8. The average molecular weight is 233 g/mol. The Kier molecular flexibility index (Phi) is 5.20. The molecule has 96 valence electrons. The third-order valence-corrected chi connectivity index (χ3v) is 3.37. The molecule has 1 heteroatoms. The van der Waals surface area contributed by atoms with E-state index in [1.165, 1.54) is 36.0 Å². The second-order valence-electron chi connectivity index (χ2n) is 5.99. The minimum Gasteiger partial charge on any atom is -0.330 e. The molecule has 0 radical (unpaired) electrons. The van der Waals surface area contributed by atoms with E-state index in [0.29, 0.717) is 0 Å². The minimum absolute atomic E-state index is 0.250. The molecule has 1 rings (SSSR count). The van der Waals surface area contributed by atoms with Gasteiger partial charge in [-0.2, -0.15) is 0 Å². The third-order valence-electron chi connectivity index (χ3n) is 3.37. The van der Waals surface area contributed by atoms with E-state index in [9.17, 15) is 0 Å². The Labute approximate surface area is 106 Å². The number of benzene rings is 1. The van der Waals surface area contributed by atoms with Crippen LogP contribution in [0.3, 0.4) is 0 Å². The second kappa shape index (κ2) is 6.20. The third kappa shape index (κ3) is 4.51. The van der Waals surface area contributed by atoms with Crippen molar-refractivity contribution in [3.63, 3.8) is 0 Å².